The highest BCUT2D eigenvalue weighted by atomic mass is 16.6. The molecular formula is C12H18N2O6. The zero-order chi connectivity index (χ0) is 15.5. The number of unbranched alkanes of at least 4 members (excludes halogenated alkanes) is 2. The van der Waals surface area contributed by atoms with E-state index >= 15 is 0 Å². The summed E-state index contributed by atoms with van der Waals surface area (Å²) in [6, 6.07) is 3.34. The number of anilines is 1. The lowest BCUT2D eigenvalue weighted by molar-refractivity contribution is -0.383. The lowest BCUT2D eigenvalue weighted by Gasteiger charge is -1.97. The van der Waals surface area contributed by atoms with E-state index in [1.807, 2.05) is 0 Å². The fourth-order valence-corrected chi connectivity index (χ4v) is 1.24. The number of nitrogens with zero attached hydrogens (tertiary/aromatic N) is 1. The van der Waals surface area contributed by atoms with Crippen LogP contribution in [0.3, 0.4) is 0 Å². The van der Waals surface area contributed by atoms with Gasteiger partial charge in [-0.15, -0.1) is 0 Å². The van der Waals surface area contributed by atoms with E-state index in [1.54, 1.807) is 0 Å². The third kappa shape index (κ3) is 6.66. The van der Waals surface area contributed by atoms with Crippen molar-refractivity contribution in [2.45, 2.75) is 19.3 Å². The third-order valence-electron chi connectivity index (χ3n) is 2.29. The maximum Gasteiger partial charge on any atom is 0.335 e. The maximum atomic E-state index is 10.4. The molecule has 0 aliphatic rings. The number of carboxylic acid groups (broad SMARTS) is 1. The third-order valence-corrected chi connectivity index (χ3v) is 2.29. The molecule has 0 heterocycles. The Morgan fingerprint density at radius 1 is 1.20 bits per heavy atom. The van der Waals surface area contributed by atoms with Crippen LogP contribution in [0.15, 0.2) is 18.2 Å². The predicted octanol–water partition coefficient (Wildman–Crippen LogP) is 1.02. The molecule has 0 bridgehead atoms. The number of carboxylic acids is 1. The fraction of sp³-hybridized carbons (Fsp3) is 0.417. The lowest BCUT2D eigenvalue weighted by atomic mass is 10.2. The van der Waals surface area contributed by atoms with E-state index in [4.69, 9.17) is 21.1 Å². The molecule has 1 aromatic carbocycles. The average Bonchev–Trinajstić information content (AvgIpc) is 2.40. The van der Waals surface area contributed by atoms with Crippen LogP contribution in [0.25, 0.3) is 0 Å². The average molecular weight is 286 g/mol. The van der Waals surface area contributed by atoms with E-state index in [9.17, 15) is 14.9 Å². The van der Waals surface area contributed by atoms with Crippen LogP contribution < -0.4 is 5.73 Å². The van der Waals surface area contributed by atoms with Gasteiger partial charge in [0.25, 0.3) is 5.69 Å². The van der Waals surface area contributed by atoms with Gasteiger partial charge in [-0.3, -0.25) is 10.1 Å². The van der Waals surface area contributed by atoms with Gasteiger partial charge in [0.05, 0.1) is 10.5 Å². The monoisotopic (exact) mass is 286 g/mol. The van der Waals surface area contributed by atoms with Crippen LogP contribution in [0.5, 0.6) is 0 Å². The zero-order valence-electron chi connectivity index (χ0n) is 10.9. The molecule has 8 heteroatoms. The number of aliphatic hydroxyl groups excluding tert-OH is 2. The highest BCUT2D eigenvalue weighted by Gasteiger charge is 2.14. The van der Waals surface area contributed by atoms with Crippen LogP contribution in [0.2, 0.25) is 0 Å². The van der Waals surface area contributed by atoms with Gasteiger partial charge < -0.3 is 21.1 Å². The summed E-state index contributed by atoms with van der Waals surface area (Å²) in [6.07, 6.45) is 2.58. The number of nitrogen functional groups attached to an aromatic ring is 1. The molecule has 0 spiro atoms. The fourth-order valence-electron chi connectivity index (χ4n) is 1.24. The number of hydrogen-bond donors (Lipinski definition) is 4. The number of nitrogens with two attached hydrogens (primary N) is 1. The van der Waals surface area contributed by atoms with E-state index in [1.165, 1.54) is 12.1 Å². The molecule has 0 unspecified atom stereocenters. The Morgan fingerprint density at radius 2 is 1.75 bits per heavy atom. The van der Waals surface area contributed by atoms with Crippen molar-refractivity contribution in [1.82, 2.24) is 0 Å². The Bertz CT molecular complexity index is 446. The second-order valence-corrected chi connectivity index (χ2v) is 3.84. The van der Waals surface area contributed by atoms with Gasteiger partial charge in [0, 0.05) is 19.3 Å². The summed E-state index contributed by atoms with van der Waals surface area (Å²) in [5, 5.41) is 35.3. The highest BCUT2D eigenvalue weighted by Crippen LogP contribution is 2.21. The number of carbonyl (C=O) groups is 1. The minimum absolute atomic E-state index is 0.0463. The predicted molar refractivity (Wildman–Crippen MR) is 72.5 cm³/mol. The molecule has 0 aliphatic heterocycles. The molecule has 0 atom stereocenters. The smallest absolute Gasteiger partial charge is 0.335 e. The summed E-state index contributed by atoms with van der Waals surface area (Å²) in [7, 11) is 0. The molecule has 20 heavy (non-hydrogen) atoms. The highest BCUT2D eigenvalue weighted by molar-refractivity contribution is 5.89. The molecule has 0 saturated carbocycles. The van der Waals surface area contributed by atoms with E-state index in [2.05, 4.69) is 0 Å². The molecule has 0 saturated heterocycles. The first kappa shape index (κ1) is 17.8. The second kappa shape index (κ2) is 9.70. The number of nitro benzene ring substituents is 1. The largest absolute Gasteiger partial charge is 0.478 e. The molecule has 5 N–H and O–H groups in total. The number of rotatable bonds is 6. The number of aromatic carboxylic acids is 1. The van der Waals surface area contributed by atoms with Gasteiger partial charge in [0.15, 0.2) is 0 Å². The van der Waals surface area contributed by atoms with Gasteiger partial charge >= 0.3 is 5.97 Å². The maximum absolute atomic E-state index is 10.4. The molecule has 0 aromatic heterocycles. The normalized spacial score (nSPS) is 9.50. The van der Waals surface area contributed by atoms with E-state index in [0.717, 1.165) is 25.3 Å². The van der Waals surface area contributed by atoms with Crippen LogP contribution in [-0.2, 0) is 0 Å². The molecule has 1 aromatic rings. The van der Waals surface area contributed by atoms with Crippen molar-refractivity contribution < 1.29 is 25.0 Å². The number of hydrogen-bond acceptors (Lipinski definition) is 6. The first-order chi connectivity index (χ1) is 9.43. The Hall–Kier alpha value is -2.19. The van der Waals surface area contributed by atoms with Crippen LogP contribution in [-0.4, -0.2) is 39.4 Å². The Balaban J connectivity index is 0.000000441. The van der Waals surface area contributed by atoms with Crippen LogP contribution in [0, 0.1) is 10.1 Å². The van der Waals surface area contributed by atoms with Gasteiger partial charge in [-0.25, -0.2) is 4.79 Å². The summed E-state index contributed by atoms with van der Waals surface area (Å²) in [4.78, 5) is 20.0. The summed E-state index contributed by atoms with van der Waals surface area (Å²) in [5.74, 6) is -1.22. The molecule has 112 valence electrons. The minimum atomic E-state index is -1.22. The molecule has 0 fully saturated rings. The molecule has 1 rings (SSSR count). The lowest BCUT2D eigenvalue weighted by Crippen LogP contribution is -2.00. The van der Waals surface area contributed by atoms with Crippen molar-refractivity contribution in [1.29, 1.82) is 0 Å². The van der Waals surface area contributed by atoms with Crippen LogP contribution >= 0.6 is 0 Å². The number of benzene rings is 1. The Kier molecular flexibility index (Phi) is 8.64. The van der Waals surface area contributed by atoms with Crippen molar-refractivity contribution in [3.63, 3.8) is 0 Å². The van der Waals surface area contributed by atoms with Crippen molar-refractivity contribution >= 4 is 17.3 Å². The molecule has 0 aliphatic carbocycles. The van der Waals surface area contributed by atoms with E-state index in [0.29, 0.717) is 0 Å². The van der Waals surface area contributed by atoms with Crippen LogP contribution in [0.1, 0.15) is 29.6 Å². The topological polar surface area (TPSA) is 147 Å². The molecule has 0 radical (unpaired) electrons. The summed E-state index contributed by atoms with van der Waals surface area (Å²) >= 11 is 0. The minimum Gasteiger partial charge on any atom is -0.478 e. The van der Waals surface area contributed by atoms with Gasteiger partial charge in [0.1, 0.15) is 5.69 Å². The van der Waals surface area contributed by atoms with Gasteiger partial charge in [-0.2, -0.15) is 0 Å². The zero-order valence-corrected chi connectivity index (χ0v) is 10.9. The second-order valence-electron chi connectivity index (χ2n) is 3.84. The number of nitro groups is 1. The van der Waals surface area contributed by atoms with Gasteiger partial charge in [0.2, 0.25) is 0 Å². The summed E-state index contributed by atoms with van der Waals surface area (Å²) < 4.78 is 0. The standard InChI is InChI=1S/C7H6N2O4.C5H12O2/c8-5-2-1-4(7(10)11)3-6(5)9(12)13;6-4-2-1-3-5-7/h1-3H,8H2,(H,10,11);6-7H,1-5H2. The van der Waals surface area contributed by atoms with Crippen molar-refractivity contribution in [2.75, 3.05) is 18.9 Å². The SMILES string of the molecule is Nc1ccc(C(=O)O)cc1[N+](=O)[O-].OCCCCCO. The molecule has 8 nitrogen and oxygen atoms in total. The molecular weight excluding hydrogens is 268 g/mol. The molecule has 0 amide bonds. The first-order valence-corrected chi connectivity index (χ1v) is 5.93. The van der Waals surface area contributed by atoms with Crippen molar-refractivity contribution in [3.05, 3.63) is 33.9 Å². The summed E-state index contributed by atoms with van der Waals surface area (Å²) in [5.41, 5.74) is 4.67. The Labute approximate surface area is 115 Å². The van der Waals surface area contributed by atoms with Crippen molar-refractivity contribution in [3.8, 4) is 0 Å². The van der Waals surface area contributed by atoms with Gasteiger partial charge in [-0.1, -0.05) is 0 Å². The number of aliphatic hydroxyl groups is 2. The Morgan fingerprint density at radius 3 is 2.15 bits per heavy atom. The summed E-state index contributed by atoms with van der Waals surface area (Å²) in [6.45, 7) is 0.500. The van der Waals surface area contributed by atoms with Crippen LogP contribution in [0.4, 0.5) is 11.4 Å². The van der Waals surface area contributed by atoms with Crippen molar-refractivity contribution in [2.24, 2.45) is 0 Å². The van der Waals surface area contributed by atoms with E-state index in [-0.39, 0.29) is 30.2 Å². The first-order valence-electron chi connectivity index (χ1n) is 5.93. The van der Waals surface area contributed by atoms with E-state index < -0.39 is 10.9 Å². The quantitative estimate of drug-likeness (QED) is 0.264. The van der Waals surface area contributed by atoms with Gasteiger partial charge in [-0.05, 0) is 31.4 Å².